The zero-order valence-corrected chi connectivity index (χ0v) is 11.7. The lowest BCUT2D eigenvalue weighted by molar-refractivity contribution is -0.123. The summed E-state index contributed by atoms with van der Waals surface area (Å²) >= 11 is 0. The molecule has 104 valence electrons. The van der Waals surface area contributed by atoms with Gasteiger partial charge in [0.1, 0.15) is 12.2 Å². The molecule has 0 bridgehead atoms. The summed E-state index contributed by atoms with van der Waals surface area (Å²) < 4.78 is 5.05. The van der Waals surface area contributed by atoms with Gasteiger partial charge in [0, 0.05) is 26.2 Å². The highest BCUT2D eigenvalue weighted by Gasteiger charge is 2.17. The van der Waals surface area contributed by atoms with Crippen LogP contribution in [0.5, 0.6) is 0 Å². The summed E-state index contributed by atoms with van der Waals surface area (Å²) in [6.45, 7) is 0. The molecule has 0 fully saturated rings. The number of nitrogens with zero attached hydrogens (tertiary/aromatic N) is 1. The molecular weight excluding hydrogens is 267 g/mol. The third-order valence-electron chi connectivity index (χ3n) is 2.54. The van der Waals surface area contributed by atoms with Crippen molar-refractivity contribution in [2.45, 2.75) is 25.0 Å². The normalized spacial score (nSPS) is 22.4. The molecule has 0 spiro atoms. The van der Waals surface area contributed by atoms with Crippen molar-refractivity contribution in [1.29, 1.82) is 0 Å². The van der Waals surface area contributed by atoms with Crippen LogP contribution in [0.2, 0.25) is 0 Å². The molecule has 19 heavy (non-hydrogen) atoms. The van der Waals surface area contributed by atoms with Gasteiger partial charge in [0.2, 0.25) is 11.8 Å². The Labute approximate surface area is 113 Å². The van der Waals surface area contributed by atoms with Crippen LogP contribution in [0.4, 0.5) is 0 Å². The molecule has 1 aliphatic rings. The molecule has 0 aromatic heterocycles. The Bertz CT molecular complexity index is 431. The van der Waals surface area contributed by atoms with Gasteiger partial charge < -0.3 is 14.9 Å². The van der Waals surface area contributed by atoms with Gasteiger partial charge in [0.25, 0.3) is 0 Å². The second-order valence-corrected chi connectivity index (χ2v) is 4.22. The van der Waals surface area contributed by atoms with Crippen LogP contribution in [0.3, 0.4) is 0 Å². The minimum Gasteiger partial charge on any atom is -0.386 e. The Balaban J connectivity index is 2.50. The number of rotatable bonds is 5. The van der Waals surface area contributed by atoms with Crippen molar-refractivity contribution in [3.8, 4) is 0 Å². The first-order chi connectivity index (χ1) is 9.06. The van der Waals surface area contributed by atoms with Gasteiger partial charge in [0.15, 0.2) is 0 Å². The average molecular weight is 284 g/mol. The van der Waals surface area contributed by atoms with Crippen LogP contribution >= 0.6 is 9.39 Å². The summed E-state index contributed by atoms with van der Waals surface area (Å²) in [7, 11) is 3.57. The predicted molar refractivity (Wildman–Crippen MR) is 74.6 cm³/mol. The fraction of sp³-hybridized carbons (Fsp3) is 0.417. The first-order valence-corrected chi connectivity index (χ1v) is 6.31. The minimum atomic E-state index is -0.691. The van der Waals surface area contributed by atoms with E-state index in [0.717, 1.165) is 0 Å². The molecule has 6 nitrogen and oxygen atoms in total. The number of aliphatic hydroxyl groups excluding tert-OH is 1. The second-order valence-electron chi connectivity index (χ2n) is 3.94. The molecule has 1 rings (SSSR count). The number of carbonyl (C=O) groups excluding carboxylic acids is 2. The van der Waals surface area contributed by atoms with Gasteiger partial charge in [-0.2, -0.15) is 0 Å². The SMILES string of the molecule is COC1C=C(C=NC(=O)CCC(=O)NP)C=CC1O. The summed E-state index contributed by atoms with van der Waals surface area (Å²) in [6.07, 6.45) is 5.34. The molecule has 0 radical (unpaired) electrons. The van der Waals surface area contributed by atoms with Crippen LogP contribution in [0.15, 0.2) is 28.8 Å². The summed E-state index contributed by atoms with van der Waals surface area (Å²) in [5, 5.41) is 11.9. The van der Waals surface area contributed by atoms with Crippen LogP contribution < -0.4 is 5.09 Å². The molecule has 7 heteroatoms. The maximum atomic E-state index is 11.4. The monoisotopic (exact) mass is 284 g/mol. The largest absolute Gasteiger partial charge is 0.386 e. The Morgan fingerprint density at radius 3 is 2.95 bits per heavy atom. The molecule has 0 saturated carbocycles. The Morgan fingerprint density at radius 1 is 1.58 bits per heavy atom. The van der Waals surface area contributed by atoms with Crippen LogP contribution in [0, 0.1) is 0 Å². The van der Waals surface area contributed by atoms with Crippen molar-refractivity contribution in [2.24, 2.45) is 4.99 Å². The summed E-state index contributed by atoms with van der Waals surface area (Å²) in [4.78, 5) is 26.1. The van der Waals surface area contributed by atoms with Gasteiger partial charge in [-0.25, -0.2) is 4.99 Å². The third kappa shape index (κ3) is 5.42. The van der Waals surface area contributed by atoms with Gasteiger partial charge in [-0.1, -0.05) is 12.2 Å². The first kappa shape index (κ1) is 15.7. The van der Waals surface area contributed by atoms with Gasteiger partial charge in [0.05, 0.1) is 0 Å². The number of nitrogens with one attached hydrogen (secondary N) is 1. The number of amides is 2. The number of ether oxygens (including phenoxy) is 1. The number of allylic oxidation sites excluding steroid dienone is 2. The molecule has 3 atom stereocenters. The van der Waals surface area contributed by atoms with Crippen LogP contribution in [0.1, 0.15) is 12.8 Å². The van der Waals surface area contributed by atoms with E-state index in [9.17, 15) is 14.7 Å². The molecule has 0 heterocycles. The molecule has 0 saturated heterocycles. The Hall–Kier alpha value is -1.36. The van der Waals surface area contributed by atoms with E-state index in [4.69, 9.17) is 4.74 Å². The van der Waals surface area contributed by atoms with Crippen LogP contribution in [0.25, 0.3) is 0 Å². The van der Waals surface area contributed by atoms with Gasteiger partial charge in [-0.15, -0.1) is 0 Å². The predicted octanol–water partition coefficient (Wildman–Crippen LogP) is 0.142. The van der Waals surface area contributed by atoms with Crippen molar-refractivity contribution in [1.82, 2.24) is 5.09 Å². The number of aliphatic hydroxyl groups is 1. The smallest absolute Gasteiger partial charge is 0.246 e. The Kier molecular flexibility index (Phi) is 6.56. The molecule has 2 amide bonds. The second kappa shape index (κ2) is 7.94. The van der Waals surface area contributed by atoms with Gasteiger partial charge in [-0.3, -0.25) is 9.59 Å². The maximum Gasteiger partial charge on any atom is 0.246 e. The quantitative estimate of drug-likeness (QED) is 0.555. The van der Waals surface area contributed by atoms with E-state index in [2.05, 4.69) is 19.5 Å². The number of methoxy groups -OCH3 is 1. The van der Waals surface area contributed by atoms with Crippen molar-refractivity contribution in [3.63, 3.8) is 0 Å². The molecule has 0 aromatic carbocycles. The Morgan fingerprint density at radius 2 is 2.32 bits per heavy atom. The lowest BCUT2D eigenvalue weighted by Crippen LogP contribution is -2.26. The lowest BCUT2D eigenvalue weighted by atomic mass is 10.0. The summed E-state index contributed by atoms with van der Waals surface area (Å²) in [5.74, 6) is -0.601. The lowest BCUT2D eigenvalue weighted by Gasteiger charge is -2.19. The number of hydrogen-bond donors (Lipinski definition) is 2. The number of carbonyl (C=O) groups is 2. The molecular formula is C12H17N2O4P. The minimum absolute atomic E-state index is 0.0596. The van der Waals surface area contributed by atoms with Crippen molar-refractivity contribution < 1.29 is 19.4 Å². The van der Waals surface area contributed by atoms with Crippen molar-refractivity contribution in [3.05, 3.63) is 23.8 Å². The van der Waals surface area contributed by atoms with E-state index in [-0.39, 0.29) is 24.7 Å². The molecule has 2 N–H and O–H groups in total. The zero-order chi connectivity index (χ0) is 14.3. The van der Waals surface area contributed by atoms with E-state index in [1.54, 1.807) is 18.2 Å². The highest BCUT2D eigenvalue weighted by molar-refractivity contribution is 7.15. The van der Waals surface area contributed by atoms with Crippen LogP contribution in [-0.2, 0) is 14.3 Å². The van der Waals surface area contributed by atoms with Crippen molar-refractivity contribution in [2.75, 3.05) is 7.11 Å². The fourth-order valence-electron chi connectivity index (χ4n) is 1.46. The standard InChI is InChI=1S/C12H17N2O4P/c1-18-10-6-8(2-3-9(10)15)7-13-11(16)4-5-12(17)14-19/h2-3,6-7,9-10,15H,4-5,19H2,1H3,(H,14,17). The summed E-state index contributed by atoms with van der Waals surface area (Å²) in [5.41, 5.74) is 0.681. The van der Waals surface area contributed by atoms with Gasteiger partial charge >= 0.3 is 0 Å². The molecule has 3 unspecified atom stereocenters. The highest BCUT2D eigenvalue weighted by Crippen LogP contribution is 2.12. The number of hydrogen-bond acceptors (Lipinski definition) is 4. The molecule has 0 aliphatic heterocycles. The molecule has 1 aliphatic carbocycles. The average Bonchev–Trinajstić information content (AvgIpc) is 2.43. The van der Waals surface area contributed by atoms with Crippen LogP contribution in [-0.4, -0.2) is 42.5 Å². The molecule has 0 aromatic rings. The zero-order valence-electron chi connectivity index (χ0n) is 10.6. The summed E-state index contributed by atoms with van der Waals surface area (Å²) in [6, 6.07) is 0. The fourth-order valence-corrected chi connectivity index (χ4v) is 1.60. The van der Waals surface area contributed by atoms with E-state index in [0.29, 0.717) is 5.57 Å². The van der Waals surface area contributed by atoms with E-state index >= 15 is 0 Å². The maximum absolute atomic E-state index is 11.4. The topological polar surface area (TPSA) is 88.0 Å². The van der Waals surface area contributed by atoms with E-state index < -0.39 is 12.2 Å². The van der Waals surface area contributed by atoms with E-state index in [1.165, 1.54) is 13.3 Å². The first-order valence-electron chi connectivity index (χ1n) is 5.74. The highest BCUT2D eigenvalue weighted by atomic mass is 31.0. The van der Waals surface area contributed by atoms with Gasteiger partial charge in [-0.05, 0) is 21.0 Å². The van der Waals surface area contributed by atoms with E-state index in [1.807, 2.05) is 0 Å². The third-order valence-corrected chi connectivity index (χ3v) is 2.86. The number of aliphatic imine (C=N–C) groups is 1. The van der Waals surface area contributed by atoms with Crippen molar-refractivity contribution >= 4 is 27.4 Å².